The van der Waals surface area contributed by atoms with Crippen molar-refractivity contribution in [2.45, 2.75) is 43.3 Å². The van der Waals surface area contributed by atoms with Crippen LogP contribution in [0.1, 0.15) is 42.6 Å². The van der Waals surface area contributed by atoms with Crippen LogP contribution in [0.15, 0.2) is 59.5 Å². The van der Waals surface area contributed by atoms with Crippen molar-refractivity contribution in [1.29, 1.82) is 0 Å². The second kappa shape index (κ2) is 7.39. The van der Waals surface area contributed by atoms with Crippen LogP contribution in [0.25, 0.3) is 0 Å². The molecule has 2 aromatic carbocycles. The molecule has 1 nitrogen and oxygen atoms in total. The van der Waals surface area contributed by atoms with E-state index in [0.29, 0.717) is 0 Å². The van der Waals surface area contributed by atoms with Gasteiger partial charge in [0.1, 0.15) is 0 Å². The first-order valence-electron chi connectivity index (χ1n) is 7.24. The summed E-state index contributed by atoms with van der Waals surface area (Å²) in [7, 11) is -0.982. The minimum atomic E-state index is -0.982. The highest BCUT2D eigenvalue weighted by molar-refractivity contribution is 7.85. The number of aryl methyl sites for hydroxylation is 1. The van der Waals surface area contributed by atoms with E-state index in [1.54, 1.807) is 0 Å². The molecule has 0 aliphatic heterocycles. The summed E-state index contributed by atoms with van der Waals surface area (Å²) in [5, 5.41) is 0.0962. The van der Waals surface area contributed by atoms with Gasteiger partial charge in [0, 0.05) is 4.90 Å². The highest BCUT2D eigenvalue weighted by Gasteiger charge is 2.19. The van der Waals surface area contributed by atoms with Gasteiger partial charge in [-0.1, -0.05) is 67.8 Å². The molecule has 2 aromatic rings. The van der Waals surface area contributed by atoms with Crippen LogP contribution in [0.4, 0.5) is 0 Å². The van der Waals surface area contributed by atoms with Gasteiger partial charge in [0.25, 0.3) is 0 Å². The molecule has 2 rings (SSSR count). The fourth-order valence-electron chi connectivity index (χ4n) is 2.29. The predicted octanol–water partition coefficient (Wildman–Crippen LogP) is 5.03. The lowest BCUT2D eigenvalue weighted by Crippen LogP contribution is -2.07. The minimum absolute atomic E-state index is 0.0962. The average Bonchev–Trinajstić information content (AvgIpc) is 2.49. The summed E-state index contributed by atoms with van der Waals surface area (Å²) in [6.45, 7) is 4.23. The second-order valence-corrected chi connectivity index (χ2v) is 6.79. The molecule has 0 N–H and O–H groups in total. The molecule has 106 valence electrons. The predicted molar refractivity (Wildman–Crippen MR) is 86.3 cm³/mol. The molecule has 0 radical (unpaired) electrons. The minimum Gasteiger partial charge on any atom is -0.254 e. The van der Waals surface area contributed by atoms with E-state index in [1.165, 1.54) is 11.1 Å². The number of unbranched alkanes of at least 4 members (excludes halogenated alkanes) is 1. The standard InChI is InChI=1S/C18H22OS/c1-3-4-10-18(16-8-6-5-7-9-16)20(19)17-13-11-15(2)12-14-17/h5-9,11-14,18H,3-4,10H2,1-2H3. The Balaban J connectivity index is 2.26. The summed E-state index contributed by atoms with van der Waals surface area (Å²) in [6, 6.07) is 18.3. The summed E-state index contributed by atoms with van der Waals surface area (Å²) >= 11 is 0. The zero-order chi connectivity index (χ0) is 14.4. The highest BCUT2D eigenvalue weighted by Crippen LogP contribution is 2.30. The molecule has 0 aromatic heterocycles. The van der Waals surface area contributed by atoms with Gasteiger partial charge >= 0.3 is 0 Å². The Morgan fingerprint density at radius 3 is 2.25 bits per heavy atom. The zero-order valence-electron chi connectivity index (χ0n) is 12.2. The third-order valence-corrected chi connectivity index (χ3v) is 5.26. The molecule has 0 aliphatic carbocycles. The number of benzene rings is 2. The van der Waals surface area contributed by atoms with Crippen molar-refractivity contribution in [3.05, 3.63) is 65.7 Å². The Kier molecular flexibility index (Phi) is 5.54. The van der Waals surface area contributed by atoms with Gasteiger partial charge in [-0.2, -0.15) is 0 Å². The first-order chi connectivity index (χ1) is 9.72. The third-order valence-electron chi connectivity index (χ3n) is 3.50. The van der Waals surface area contributed by atoms with Gasteiger partial charge in [-0.3, -0.25) is 4.21 Å². The van der Waals surface area contributed by atoms with Crippen LogP contribution in [-0.2, 0) is 10.8 Å². The lowest BCUT2D eigenvalue weighted by Gasteiger charge is -2.17. The fourth-order valence-corrected chi connectivity index (χ4v) is 3.81. The maximum absolute atomic E-state index is 12.9. The van der Waals surface area contributed by atoms with Gasteiger partial charge in [0.05, 0.1) is 16.0 Å². The first-order valence-corrected chi connectivity index (χ1v) is 8.46. The molecule has 0 fully saturated rings. The van der Waals surface area contributed by atoms with Crippen molar-refractivity contribution in [2.75, 3.05) is 0 Å². The third kappa shape index (κ3) is 3.80. The van der Waals surface area contributed by atoms with Gasteiger partial charge < -0.3 is 0 Å². The summed E-state index contributed by atoms with van der Waals surface area (Å²) in [4.78, 5) is 0.931. The van der Waals surface area contributed by atoms with Crippen molar-refractivity contribution >= 4 is 10.8 Å². The molecular formula is C18H22OS. The van der Waals surface area contributed by atoms with Crippen molar-refractivity contribution in [1.82, 2.24) is 0 Å². The number of rotatable bonds is 6. The fraction of sp³-hybridized carbons (Fsp3) is 0.333. The molecule has 20 heavy (non-hydrogen) atoms. The van der Waals surface area contributed by atoms with Crippen molar-refractivity contribution < 1.29 is 4.21 Å². The normalized spacial score (nSPS) is 13.9. The average molecular weight is 286 g/mol. The van der Waals surface area contributed by atoms with E-state index in [2.05, 4.69) is 26.0 Å². The van der Waals surface area contributed by atoms with Gasteiger partial charge in [0.15, 0.2) is 0 Å². The topological polar surface area (TPSA) is 17.1 Å². The molecule has 0 aliphatic rings. The van der Waals surface area contributed by atoms with Crippen molar-refractivity contribution in [3.63, 3.8) is 0 Å². The van der Waals surface area contributed by atoms with Crippen LogP contribution in [0.5, 0.6) is 0 Å². The van der Waals surface area contributed by atoms with Crippen LogP contribution in [0.3, 0.4) is 0 Å². The van der Waals surface area contributed by atoms with E-state index in [4.69, 9.17) is 0 Å². The van der Waals surface area contributed by atoms with Crippen molar-refractivity contribution in [3.8, 4) is 0 Å². The van der Waals surface area contributed by atoms with E-state index in [0.717, 1.165) is 24.2 Å². The Bertz CT molecular complexity index is 545. The van der Waals surface area contributed by atoms with Gasteiger partial charge in [-0.05, 0) is 31.0 Å². The largest absolute Gasteiger partial charge is 0.254 e. The van der Waals surface area contributed by atoms with E-state index in [-0.39, 0.29) is 5.25 Å². The molecule has 2 unspecified atom stereocenters. The van der Waals surface area contributed by atoms with Crippen LogP contribution in [0, 0.1) is 6.92 Å². The lowest BCUT2D eigenvalue weighted by atomic mass is 10.1. The van der Waals surface area contributed by atoms with Crippen LogP contribution >= 0.6 is 0 Å². The maximum atomic E-state index is 12.9. The number of hydrogen-bond acceptors (Lipinski definition) is 1. The number of hydrogen-bond donors (Lipinski definition) is 0. The van der Waals surface area contributed by atoms with Crippen molar-refractivity contribution in [2.24, 2.45) is 0 Å². The Hall–Kier alpha value is -1.41. The van der Waals surface area contributed by atoms with Crippen LogP contribution in [-0.4, -0.2) is 4.21 Å². The summed E-state index contributed by atoms with van der Waals surface area (Å²) in [5.74, 6) is 0. The van der Waals surface area contributed by atoms with Crippen LogP contribution < -0.4 is 0 Å². The molecule has 0 spiro atoms. The van der Waals surface area contributed by atoms with E-state index < -0.39 is 10.8 Å². The zero-order valence-corrected chi connectivity index (χ0v) is 13.0. The molecule has 0 heterocycles. The van der Waals surface area contributed by atoms with E-state index in [9.17, 15) is 4.21 Å². The smallest absolute Gasteiger partial charge is 0.0643 e. The second-order valence-electron chi connectivity index (χ2n) is 5.15. The lowest BCUT2D eigenvalue weighted by molar-refractivity contribution is 0.647. The molecule has 0 bridgehead atoms. The molecule has 2 heteroatoms. The van der Waals surface area contributed by atoms with E-state index >= 15 is 0 Å². The molecule has 0 saturated carbocycles. The summed E-state index contributed by atoms with van der Waals surface area (Å²) < 4.78 is 12.9. The molecule has 0 amide bonds. The Morgan fingerprint density at radius 1 is 1.00 bits per heavy atom. The maximum Gasteiger partial charge on any atom is 0.0643 e. The highest BCUT2D eigenvalue weighted by atomic mass is 32.2. The molecule has 2 atom stereocenters. The van der Waals surface area contributed by atoms with Crippen LogP contribution in [0.2, 0.25) is 0 Å². The Morgan fingerprint density at radius 2 is 1.65 bits per heavy atom. The first kappa shape index (κ1) is 15.0. The van der Waals surface area contributed by atoms with Gasteiger partial charge in [-0.15, -0.1) is 0 Å². The molecule has 0 saturated heterocycles. The quantitative estimate of drug-likeness (QED) is 0.727. The SMILES string of the molecule is CCCCC(c1ccccc1)S(=O)c1ccc(C)cc1. The van der Waals surface area contributed by atoms with Gasteiger partial charge in [0.2, 0.25) is 0 Å². The summed E-state index contributed by atoms with van der Waals surface area (Å²) in [6.07, 6.45) is 3.21. The molecular weight excluding hydrogens is 264 g/mol. The summed E-state index contributed by atoms with van der Waals surface area (Å²) in [5.41, 5.74) is 2.38. The van der Waals surface area contributed by atoms with E-state index in [1.807, 2.05) is 42.5 Å². The monoisotopic (exact) mass is 286 g/mol. The Labute approximate surface area is 124 Å². The van der Waals surface area contributed by atoms with Gasteiger partial charge in [-0.25, -0.2) is 0 Å².